The van der Waals surface area contributed by atoms with Crippen LogP contribution in [0.5, 0.6) is 0 Å². The van der Waals surface area contributed by atoms with E-state index in [9.17, 15) is 0 Å². The number of furan rings is 1. The number of rotatable bonds is 4. The van der Waals surface area contributed by atoms with E-state index in [0.717, 1.165) is 23.6 Å². The van der Waals surface area contributed by atoms with Crippen LogP contribution in [0, 0.1) is 4.77 Å². The van der Waals surface area contributed by atoms with Gasteiger partial charge in [-0.05, 0) is 31.3 Å². The van der Waals surface area contributed by atoms with Crippen LogP contribution in [0.1, 0.15) is 18.7 Å². The Morgan fingerprint density at radius 3 is 2.75 bits per heavy atom. The highest BCUT2D eigenvalue weighted by Gasteiger charge is 2.15. The second kappa shape index (κ2) is 5.46. The van der Waals surface area contributed by atoms with Gasteiger partial charge in [-0.15, -0.1) is 0 Å². The monoisotopic (exact) mass is 285 g/mol. The van der Waals surface area contributed by atoms with E-state index >= 15 is 0 Å². The maximum atomic E-state index is 5.41. The molecule has 1 aromatic carbocycles. The van der Waals surface area contributed by atoms with Gasteiger partial charge in [-0.2, -0.15) is 5.10 Å². The summed E-state index contributed by atoms with van der Waals surface area (Å²) in [6.07, 6.45) is 2.47. The molecule has 2 aromatic heterocycles. The lowest BCUT2D eigenvalue weighted by Crippen LogP contribution is -2.09. The zero-order chi connectivity index (χ0) is 13.9. The summed E-state index contributed by atoms with van der Waals surface area (Å²) in [6, 6.07) is 14.1. The summed E-state index contributed by atoms with van der Waals surface area (Å²) in [5.74, 6) is 1.80. The fraction of sp³-hybridized carbons (Fsp3) is 0.200. The lowest BCUT2D eigenvalue weighted by molar-refractivity contribution is 0.448. The van der Waals surface area contributed by atoms with Gasteiger partial charge in [-0.25, -0.2) is 0 Å². The Balaban J connectivity index is 1.97. The first kappa shape index (κ1) is 12.9. The highest BCUT2D eigenvalue weighted by Crippen LogP contribution is 2.23. The summed E-state index contributed by atoms with van der Waals surface area (Å²) < 4.78 is 8.07. The first-order valence-corrected chi connectivity index (χ1v) is 6.91. The smallest absolute Gasteiger partial charge is 0.195 e. The number of benzene rings is 1. The molecule has 5 heteroatoms. The third-order valence-corrected chi connectivity index (χ3v) is 3.54. The van der Waals surface area contributed by atoms with Gasteiger partial charge >= 0.3 is 0 Å². The van der Waals surface area contributed by atoms with E-state index in [2.05, 4.69) is 17.1 Å². The Bertz CT molecular complexity index is 728. The lowest BCUT2D eigenvalue weighted by Gasteiger charge is -2.14. The molecule has 1 N–H and O–H groups in total. The zero-order valence-electron chi connectivity index (χ0n) is 11.1. The molecule has 0 radical (unpaired) electrons. The first-order chi connectivity index (χ1) is 9.75. The van der Waals surface area contributed by atoms with Crippen molar-refractivity contribution in [1.82, 2.24) is 14.8 Å². The molecule has 4 nitrogen and oxygen atoms in total. The van der Waals surface area contributed by atoms with Crippen LogP contribution in [0.3, 0.4) is 0 Å². The van der Waals surface area contributed by atoms with Crippen molar-refractivity contribution in [3.8, 4) is 11.4 Å². The van der Waals surface area contributed by atoms with Crippen LogP contribution >= 0.6 is 12.2 Å². The number of aromatic amines is 1. The van der Waals surface area contributed by atoms with Gasteiger partial charge in [0.15, 0.2) is 10.6 Å². The Morgan fingerprint density at radius 2 is 2.05 bits per heavy atom. The van der Waals surface area contributed by atoms with Crippen LogP contribution in [0.25, 0.3) is 11.4 Å². The van der Waals surface area contributed by atoms with Crippen LogP contribution < -0.4 is 0 Å². The fourth-order valence-corrected chi connectivity index (χ4v) is 2.63. The molecule has 0 spiro atoms. The molecule has 0 amide bonds. The average molecular weight is 285 g/mol. The number of nitrogens with zero attached hydrogens (tertiary/aromatic N) is 2. The summed E-state index contributed by atoms with van der Waals surface area (Å²) in [5.41, 5.74) is 1.05. The van der Waals surface area contributed by atoms with Gasteiger partial charge in [0.25, 0.3) is 0 Å². The van der Waals surface area contributed by atoms with Crippen molar-refractivity contribution in [2.45, 2.75) is 19.4 Å². The van der Waals surface area contributed by atoms with E-state index in [1.807, 2.05) is 47.0 Å². The van der Waals surface area contributed by atoms with Crippen molar-refractivity contribution in [1.29, 1.82) is 0 Å². The van der Waals surface area contributed by atoms with E-state index in [-0.39, 0.29) is 6.04 Å². The Kier molecular flexibility index (Phi) is 3.52. The Morgan fingerprint density at radius 1 is 1.25 bits per heavy atom. The number of H-pyrrole nitrogens is 1. The lowest BCUT2D eigenvalue weighted by atomic mass is 10.1. The number of nitrogens with one attached hydrogen (secondary N) is 1. The molecular weight excluding hydrogens is 270 g/mol. The van der Waals surface area contributed by atoms with Crippen molar-refractivity contribution in [3.05, 3.63) is 59.3 Å². The Hall–Kier alpha value is -2.14. The van der Waals surface area contributed by atoms with E-state index in [1.54, 1.807) is 6.26 Å². The molecule has 1 atom stereocenters. The molecule has 0 fully saturated rings. The molecule has 20 heavy (non-hydrogen) atoms. The van der Waals surface area contributed by atoms with E-state index < -0.39 is 0 Å². The minimum Gasteiger partial charge on any atom is -0.469 e. The van der Waals surface area contributed by atoms with Crippen LogP contribution in [-0.4, -0.2) is 14.8 Å². The number of aromatic nitrogens is 3. The van der Waals surface area contributed by atoms with Crippen molar-refractivity contribution in [2.24, 2.45) is 0 Å². The summed E-state index contributed by atoms with van der Waals surface area (Å²) in [6.45, 7) is 2.11. The molecule has 0 aliphatic carbocycles. The molecule has 2 heterocycles. The molecule has 0 aliphatic rings. The van der Waals surface area contributed by atoms with Crippen molar-refractivity contribution in [3.63, 3.8) is 0 Å². The van der Waals surface area contributed by atoms with Gasteiger partial charge in [0.05, 0.1) is 6.26 Å². The molecule has 0 saturated heterocycles. The Labute approximate surface area is 122 Å². The van der Waals surface area contributed by atoms with E-state index in [1.165, 1.54) is 0 Å². The molecule has 102 valence electrons. The van der Waals surface area contributed by atoms with Gasteiger partial charge in [0.1, 0.15) is 5.76 Å². The fourth-order valence-electron chi connectivity index (χ4n) is 2.32. The average Bonchev–Trinajstić information content (AvgIpc) is 3.09. The maximum absolute atomic E-state index is 5.41. The largest absolute Gasteiger partial charge is 0.469 e. The molecule has 0 bridgehead atoms. The predicted molar refractivity (Wildman–Crippen MR) is 80.0 cm³/mol. The highest BCUT2D eigenvalue weighted by atomic mass is 32.1. The molecule has 3 aromatic rings. The maximum Gasteiger partial charge on any atom is 0.195 e. The summed E-state index contributed by atoms with van der Waals surface area (Å²) in [5, 5.41) is 7.23. The van der Waals surface area contributed by atoms with Crippen LogP contribution in [0.2, 0.25) is 0 Å². The molecule has 0 aliphatic heterocycles. The molecule has 0 saturated carbocycles. The SMILES string of the molecule is CC(Cc1ccco1)n1c(-c2ccccc2)n[nH]c1=S. The third-order valence-electron chi connectivity index (χ3n) is 3.25. The second-order valence-electron chi connectivity index (χ2n) is 4.72. The number of hydrogen-bond donors (Lipinski definition) is 1. The van der Waals surface area contributed by atoms with Gasteiger partial charge in [0, 0.05) is 18.0 Å². The van der Waals surface area contributed by atoms with Crippen molar-refractivity contribution < 1.29 is 4.42 Å². The minimum absolute atomic E-state index is 0.169. The third kappa shape index (κ3) is 2.44. The summed E-state index contributed by atoms with van der Waals surface area (Å²) in [7, 11) is 0. The second-order valence-corrected chi connectivity index (χ2v) is 5.11. The quantitative estimate of drug-likeness (QED) is 0.737. The predicted octanol–water partition coefficient (Wildman–Crippen LogP) is 4.00. The van der Waals surface area contributed by atoms with Crippen LogP contribution in [0.4, 0.5) is 0 Å². The summed E-state index contributed by atoms with van der Waals surface area (Å²) in [4.78, 5) is 0. The van der Waals surface area contributed by atoms with Gasteiger partial charge < -0.3 is 4.42 Å². The normalized spacial score (nSPS) is 12.4. The molecule has 3 rings (SSSR count). The van der Waals surface area contributed by atoms with Crippen molar-refractivity contribution >= 4 is 12.2 Å². The van der Waals surface area contributed by atoms with Crippen molar-refractivity contribution in [2.75, 3.05) is 0 Å². The topological polar surface area (TPSA) is 46.8 Å². The first-order valence-electron chi connectivity index (χ1n) is 6.50. The van der Waals surface area contributed by atoms with Gasteiger partial charge in [-0.3, -0.25) is 9.67 Å². The number of hydrogen-bond acceptors (Lipinski definition) is 3. The molecule has 1 unspecified atom stereocenters. The van der Waals surface area contributed by atoms with Crippen LogP contribution in [-0.2, 0) is 6.42 Å². The van der Waals surface area contributed by atoms with Crippen LogP contribution in [0.15, 0.2) is 53.1 Å². The molecular formula is C15H15N3OS. The zero-order valence-corrected chi connectivity index (χ0v) is 11.9. The van der Waals surface area contributed by atoms with E-state index in [0.29, 0.717) is 4.77 Å². The standard InChI is InChI=1S/C15H15N3OS/c1-11(10-13-8-5-9-19-13)18-14(16-17-15(18)20)12-6-3-2-4-7-12/h2-9,11H,10H2,1H3,(H,17,20). The highest BCUT2D eigenvalue weighted by molar-refractivity contribution is 7.71. The van der Waals surface area contributed by atoms with Gasteiger partial charge in [-0.1, -0.05) is 30.3 Å². The summed E-state index contributed by atoms with van der Waals surface area (Å²) >= 11 is 5.36. The minimum atomic E-state index is 0.169. The van der Waals surface area contributed by atoms with Gasteiger partial charge in [0.2, 0.25) is 0 Å². The van der Waals surface area contributed by atoms with E-state index in [4.69, 9.17) is 16.6 Å².